The number of carbonyl (C=O) groups is 1. The molecule has 0 bridgehead atoms. The third kappa shape index (κ3) is 3.85. The lowest BCUT2D eigenvalue weighted by atomic mass is 9.68. The molecule has 1 heterocycles. The van der Waals surface area contributed by atoms with E-state index < -0.39 is 22.1 Å². The molecule has 0 aromatic heterocycles. The largest absolute Gasteiger partial charge is 0.384 e. The van der Waals surface area contributed by atoms with Gasteiger partial charge in [0.05, 0.1) is 27.5 Å². The van der Waals surface area contributed by atoms with E-state index in [-0.39, 0.29) is 34.3 Å². The third-order valence-electron chi connectivity index (χ3n) is 5.96. The van der Waals surface area contributed by atoms with Crippen LogP contribution >= 0.6 is 11.6 Å². The van der Waals surface area contributed by atoms with Gasteiger partial charge in [-0.25, -0.2) is 4.39 Å². The number of halogens is 2. The van der Waals surface area contributed by atoms with Crippen LogP contribution in [-0.4, -0.2) is 10.7 Å². The average molecular weight is 467 g/mol. The molecule has 1 aliphatic heterocycles. The van der Waals surface area contributed by atoms with E-state index in [1.807, 2.05) is 13.8 Å². The number of carbonyl (C=O) groups excluding carboxylic acids is 1. The van der Waals surface area contributed by atoms with E-state index in [2.05, 4.69) is 6.07 Å². The molecule has 2 aliphatic rings. The van der Waals surface area contributed by atoms with Crippen molar-refractivity contribution in [3.8, 4) is 6.07 Å². The first-order valence-corrected chi connectivity index (χ1v) is 10.6. The number of benzene rings is 2. The molecule has 0 fully saturated rings. The van der Waals surface area contributed by atoms with Crippen molar-refractivity contribution in [2.24, 2.45) is 11.1 Å². The molecular weight excluding hydrogens is 447 g/mol. The van der Waals surface area contributed by atoms with Gasteiger partial charge in [-0.05, 0) is 35.6 Å². The Balaban J connectivity index is 2.01. The summed E-state index contributed by atoms with van der Waals surface area (Å²) in [5.74, 6) is -1.55. The molecular formula is C24H20ClFN4O3. The number of nitrogens with two attached hydrogens (primary N) is 1. The minimum absolute atomic E-state index is 0.0703. The van der Waals surface area contributed by atoms with Crippen molar-refractivity contribution in [2.45, 2.75) is 32.6 Å². The van der Waals surface area contributed by atoms with Crippen LogP contribution < -0.4 is 10.6 Å². The number of nitro benzene ring substituents is 1. The number of non-ortho nitro benzene ring substituents is 1. The molecule has 7 nitrogen and oxygen atoms in total. The first-order chi connectivity index (χ1) is 15.5. The number of rotatable bonds is 3. The highest BCUT2D eigenvalue weighted by Gasteiger charge is 2.45. The molecule has 0 saturated heterocycles. The number of anilines is 1. The summed E-state index contributed by atoms with van der Waals surface area (Å²) in [6.07, 6.45) is 0.696. The van der Waals surface area contributed by atoms with Gasteiger partial charge in [0, 0.05) is 35.5 Å². The molecule has 9 heteroatoms. The van der Waals surface area contributed by atoms with Gasteiger partial charge in [0.1, 0.15) is 11.6 Å². The smallest absolute Gasteiger partial charge is 0.269 e. The molecule has 2 N–H and O–H groups in total. The van der Waals surface area contributed by atoms with Gasteiger partial charge in [-0.15, -0.1) is 0 Å². The molecule has 1 unspecified atom stereocenters. The van der Waals surface area contributed by atoms with Gasteiger partial charge < -0.3 is 5.73 Å². The van der Waals surface area contributed by atoms with Crippen molar-refractivity contribution in [1.82, 2.24) is 0 Å². The van der Waals surface area contributed by atoms with E-state index in [4.69, 9.17) is 17.3 Å². The van der Waals surface area contributed by atoms with Crippen LogP contribution in [-0.2, 0) is 4.79 Å². The Bertz CT molecular complexity index is 1310. The van der Waals surface area contributed by atoms with Gasteiger partial charge in [0.25, 0.3) is 5.69 Å². The Hall–Kier alpha value is -3.70. The van der Waals surface area contributed by atoms with E-state index >= 15 is 0 Å². The van der Waals surface area contributed by atoms with Gasteiger partial charge in [-0.1, -0.05) is 37.6 Å². The van der Waals surface area contributed by atoms with E-state index in [1.165, 1.54) is 36.4 Å². The Morgan fingerprint density at radius 1 is 1.27 bits per heavy atom. The summed E-state index contributed by atoms with van der Waals surface area (Å²) < 4.78 is 13.8. The zero-order valence-corrected chi connectivity index (χ0v) is 18.7. The predicted molar refractivity (Wildman–Crippen MR) is 122 cm³/mol. The van der Waals surface area contributed by atoms with Crippen LogP contribution in [0, 0.1) is 32.7 Å². The number of nitro groups is 1. The van der Waals surface area contributed by atoms with Crippen LogP contribution in [0.4, 0.5) is 15.8 Å². The van der Waals surface area contributed by atoms with Crippen molar-refractivity contribution in [2.75, 3.05) is 4.90 Å². The third-order valence-corrected chi connectivity index (χ3v) is 6.25. The Kier molecular flexibility index (Phi) is 5.46. The van der Waals surface area contributed by atoms with Gasteiger partial charge in [0.15, 0.2) is 5.78 Å². The summed E-state index contributed by atoms with van der Waals surface area (Å²) in [7, 11) is 0. The fourth-order valence-electron chi connectivity index (χ4n) is 4.58. The normalized spacial score (nSPS) is 19.9. The summed E-state index contributed by atoms with van der Waals surface area (Å²) >= 11 is 6.01. The van der Waals surface area contributed by atoms with Crippen molar-refractivity contribution in [3.05, 3.63) is 91.6 Å². The highest BCUT2D eigenvalue weighted by atomic mass is 35.5. The van der Waals surface area contributed by atoms with Gasteiger partial charge in [-0.2, -0.15) is 5.26 Å². The quantitative estimate of drug-likeness (QED) is 0.483. The van der Waals surface area contributed by atoms with Crippen LogP contribution in [0.3, 0.4) is 0 Å². The van der Waals surface area contributed by atoms with Crippen molar-refractivity contribution in [3.63, 3.8) is 0 Å². The lowest BCUT2D eigenvalue weighted by Gasteiger charge is -2.43. The van der Waals surface area contributed by atoms with E-state index in [9.17, 15) is 24.6 Å². The molecule has 1 aliphatic carbocycles. The summed E-state index contributed by atoms with van der Waals surface area (Å²) in [4.78, 5) is 25.8. The molecule has 168 valence electrons. The van der Waals surface area contributed by atoms with Gasteiger partial charge >= 0.3 is 0 Å². The molecule has 1 atom stereocenters. The summed E-state index contributed by atoms with van der Waals surface area (Å²) in [6.45, 7) is 3.90. The highest BCUT2D eigenvalue weighted by Crippen LogP contribution is 2.50. The zero-order chi connectivity index (χ0) is 24.1. The second kappa shape index (κ2) is 8.01. The monoisotopic (exact) mass is 466 g/mol. The minimum atomic E-state index is -0.847. The number of hydrogen-bond acceptors (Lipinski definition) is 6. The maximum absolute atomic E-state index is 13.8. The molecule has 2 aromatic carbocycles. The molecule has 4 rings (SSSR count). The lowest BCUT2D eigenvalue weighted by Crippen LogP contribution is -2.42. The topological polar surface area (TPSA) is 113 Å². The SMILES string of the molecule is CC1(C)CC(=O)C2=C(C1)N(c1ccc(F)c(Cl)c1)C(N)=C(C#N)C2c1cccc([N+](=O)[O-])c1. The Labute approximate surface area is 194 Å². The fourth-order valence-corrected chi connectivity index (χ4v) is 4.75. The van der Waals surface area contributed by atoms with E-state index in [0.717, 1.165) is 0 Å². The molecule has 0 amide bonds. The van der Waals surface area contributed by atoms with Crippen molar-refractivity contribution >= 4 is 28.8 Å². The lowest BCUT2D eigenvalue weighted by molar-refractivity contribution is -0.384. The summed E-state index contributed by atoms with van der Waals surface area (Å²) in [5.41, 5.74) is 7.82. The standard InChI is InChI=1S/C24H20ClFN4O3/c1-24(2)10-19-22(20(31)11-24)21(13-4-3-5-15(8-13)30(32)33)16(12-27)23(28)29(19)14-6-7-18(26)17(25)9-14/h3-9,21H,10-11,28H2,1-2H3. The number of ketones is 1. The van der Waals surface area contributed by atoms with Crippen LogP contribution in [0.15, 0.2) is 65.1 Å². The molecule has 0 radical (unpaired) electrons. The van der Waals surface area contributed by atoms with Gasteiger partial charge in [0.2, 0.25) is 0 Å². The highest BCUT2D eigenvalue weighted by molar-refractivity contribution is 6.31. The molecule has 0 spiro atoms. The summed E-state index contributed by atoms with van der Waals surface area (Å²) in [6, 6.07) is 12.0. The maximum Gasteiger partial charge on any atom is 0.269 e. The van der Waals surface area contributed by atoms with Gasteiger partial charge in [-0.3, -0.25) is 19.8 Å². The maximum atomic E-state index is 13.8. The number of allylic oxidation sites excluding steroid dienone is 3. The Morgan fingerprint density at radius 3 is 2.64 bits per heavy atom. The molecule has 0 saturated carbocycles. The fraction of sp³-hybridized carbons (Fsp3) is 0.250. The zero-order valence-electron chi connectivity index (χ0n) is 17.9. The average Bonchev–Trinajstić information content (AvgIpc) is 2.74. The molecule has 33 heavy (non-hydrogen) atoms. The first kappa shape index (κ1) is 22.5. The number of Topliss-reactive ketones (excluding diaryl/α,β-unsaturated/α-hetero) is 1. The van der Waals surface area contributed by atoms with Crippen LogP contribution in [0.5, 0.6) is 0 Å². The van der Waals surface area contributed by atoms with Crippen LogP contribution in [0.2, 0.25) is 5.02 Å². The van der Waals surface area contributed by atoms with Crippen LogP contribution in [0.25, 0.3) is 0 Å². The molecule has 2 aromatic rings. The number of nitriles is 1. The van der Waals surface area contributed by atoms with Crippen molar-refractivity contribution < 1.29 is 14.1 Å². The van der Waals surface area contributed by atoms with Crippen LogP contribution in [0.1, 0.15) is 38.2 Å². The van der Waals surface area contributed by atoms with E-state index in [0.29, 0.717) is 28.9 Å². The second-order valence-corrected chi connectivity index (χ2v) is 9.34. The van der Waals surface area contributed by atoms with E-state index in [1.54, 1.807) is 11.0 Å². The second-order valence-electron chi connectivity index (χ2n) is 8.93. The predicted octanol–water partition coefficient (Wildman–Crippen LogP) is 5.33. The number of hydrogen-bond donors (Lipinski definition) is 1. The van der Waals surface area contributed by atoms with Crippen molar-refractivity contribution in [1.29, 1.82) is 5.26 Å². The minimum Gasteiger partial charge on any atom is -0.384 e. The first-order valence-electron chi connectivity index (χ1n) is 10.2. The number of nitrogens with zero attached hydrogens (tertiary/aromatic N) is 3. The summed E-state index contributed by atoms with van der Waals surface area (Å²) in [5, 5.41) is 21.3. The Morgan fingerprint density at radius 2 is 2.00 bits per heavy atom.